The Balaban J connectivity index is 0.955. The average molecular weight is 627 g/mol. The lowest BCUT2D eigenvalue weighted by atomic mass is 9.88. The van der Waals surface area contributed by atoms with E-state index in [1.54, 1.807) is 12.1 Å². The Kier molecular flexibility index (Phi) is 8.84. The van der Waals surface area contributed by atoms with Gasteiger partial charge in [0.1, 0.15) is 11.7 Å². The second kappa shape index (κ2) is 12.7. The molecule has 5 aliphatic heterocycles. The predicted molar refractivity (Wildman–Crippen MR) is 163 cm³/mol. The van der Waals surface area contributed by atoms with E-state index in [4.69, 9.17) is 0 Å². The van der Waals surface area contributed by atoms with Crippen molar-refractivity contribution in [1.29, 1.82) is 0 Å². The number of halogens is 1. The molecule has 4 fully saturated rings. The number of carboxylic acid groups (broad SMARTS) is 1. The smallest absolute Gasteiger partial charge is 0.407 e. The molecule has 0 aromatic heterocycles. The van der Waals surface area contributed by atoms with Crippen molar-refractivity contribution in [2.24, 2.45) is 5.92 Å². The molecular weight excluding hydrogens is 583 g/mol. The normalized spacial score (nSPS) is 26.8. The molecule has 0 saturated carbocycles. The summed E-state index contributed by atoms with van der Waals surface area (Å²) in [4.78, 5) is 70.6. The first-order chi connectivity index (χ1) is 21.5. The molecule has 5 aliphatic rings. The van der Waals surface area contributed by atoms with Crippen molar-refractivity contribution in [2.45, 2.75) is 69.6 Å². The summed E-state index contributed by atoms with van der Waals surface area (Å²) in [5, 5.41) is 11.5. The first kappa shape index (κ1) is 31.4. The number of anilines is 1. The topological polar surface area (TPSA) is 134 Å². The van der Waals surface area contributed by atoms with Gasteiger partial charge in [-0.1, -0.05) is 0 Å². The van der Waals surface area contributed by atoms with Crippen molar-refractivity contribution in [3.05, 3.63) is 29.3 Å². The number of carbonyl (C=O) groups excluding carboxylic acids is 4. The number of imide groups is 2. The molecule has 0 bridgehead atoms. The number of piperidine rings is 3. The first-order valence-electron chi connectivity index (χ1n) is 16.2. The van der Waals surface area contributed by atoms with Gasteiger partial charge in [-0.05, 0) is 69.6 Å². The van der Waals surface area contributed by atoms with Gasteiger partial charge in [-0.25, -0.2) is 9.18 Å². The van der Waals surface area contributed by atoms with E-state index >= 15 is 4.39 Å². The molecule has 2 atom stereocenters. The van der Waals surface area contributed by atoms with Gasteiger partial charge in [0.05, 0.1) is 11.1 Å². The lowest BCUT2D eigenvalue weighted by Gasteiger charge is -2.42. The Morgan fingerprint density at radius 1 is 0.978 bits per heavy atom. The van der Waals surface area contributed by atoms with Crippen LogP contribution in [0.4, 0.5) is 14.9 Å². The van der Waals surface area contributed by atoms with Gasteiger partial charge in [-0.2, -0.15) is 0 Å². The van der Waals surface area contributed by atoms with Crippen molar-refractivity contribution in [1.82, 2.24) is 24.9 Å². The lowest BCUT2D eigenvalue weighted by molar-refractivity contribution is -0.136. The monoisotopic (exact) mass is 626 g/mol. The van der Waals surface area contributed by atoms with Gasteiger partial charge in [0.25, 0.3) is 11.8 Å². The Morgan fingerprint density at radius 2 is 1.69 bits per heavy atom. The van der Waals surface area contributed by atoms with Crippen molar-refractivity contribution in [3.8, 4) is 0 Å². The van der Waals surface area contributed by atoms with Crippen LogP contribution in [0.15, 0.2) is 18.2 Å². The van der Waals surface area contributed by atoms with Gasteiger partial charge in [0, 0.05) is 77.1 Å². The number of piperazine rings is 1. The zero-order chi connectivity index (χ0) is 31.9. The Hall–Kier alpha value is -3.58. The third-order valence-corrected chi connectivity index (χ3v) is 10.6. The molecule has 0 radical (unpaired) electrons. The molecule has 1 aromatic carbocycles. The van der Waals surface area contributed by atoms with E-state index in [9.17, 15) is 29.1 Å². The number of alkyl halides is 1. The summed E-state index contributed by atoms with van der Waals surface area (Å²) < 4.78 is 15.7. The highest BCUT2D eigenvalue weighted by molar-refractivity contribution is 6.23. The molecule has 4 saturated heterocycles. The molecule has 244 valence electrons. The van der Waals surface area contributed by atoms with Crippen LogP contribution in [0.3, 0.4) is 0 Å². The third kappa shape index (κ3) is 6.55. The largest absolute Gasteiger partial charge is 0.465 e. The van der Waals surface area contributed by atoms with Crippen LogP contribution < -0.4 is 10.2 Å². The summed E-state index contributed by atoms with van der Waals surface area (Å²) in [6, 6.07) is 4.39. The van der Waals surface area contributed by atoms with E-state index in [0.29, 0.717) is 56.9 Å². The summed E-state index contributed by atoms with van der Waals surface area (Å²) in [6.07, 6.45) is 2.81. The van der Waals surface area contributed by atoms with Gasteiger partial charge in [-0.3, -0.25) is 34.3 Å². The van der Waals surface area contributed by atoms with Crippen LogP contribution in [0.25, 0.3) is 0 Å². The number of benzene rings is 1. The van der Waals surface area contributed by atoms with E-state index in [1.807, 2.05) is 13.0 Å². The quantitative estimate of drug-likeness (QED) is 0.437. The van der Waals surface area contributed by atoms with E-state index in [1.165, 1.54) is 4.90 Å². The molecule has 5 heterocycles. The Labute approximate surface area is 262 Å². The van der Waals surface area contributed by atoms with Crippen LogP contribution in [-0.2, 0) is 9.59 Å². The van der Waals surface area contributed by atoms with E-state index in [-0.39, 0.29) is 24.4 Å². The van der Waals surface area contributed by atoms with Crippen LogP contribution in [0.5, 0.6) is 0 Å². The minimum Gasteiger partial charge on any atom is -0.465 e. The molecule has 1 unspecified atom stereocenters. The SMILES string of the molecule is C[C@H]1CN(C(=O)O)CCN1CCC1(F)CCN(CC2CCN(c3ccc4c(c3)C(=O)N(C3CCC(=O)NC3=O)C4=O)CC2)CC1. The average Bonchev–Trinajstić information content (AvgIpc) is 3.27. The fraction of sp³-hybridized carbons (Fsp3) is 0.656. The number of amides is 5. The molecule has 6 rings (SSSR count). The number of fused-ring (bicyclic) bond motifs is 1. The zero-order valence-corrected chi connectivity index (χ0v) is 25.9. The molecule has 13 heteroatoms. The molecule has 1 aromatic rings. The number of nitrogens with zero attached hydrogens (tertiary/aromatic N) is 5. The summed E-state index contributed by atoms with van der Waals surface area (Å²) in [5.74, 6) is -1.50. The molecule has 12 nitrogen and oxygen atoms in total. The van der Waals surface area contributed by atoms with Crippen LogP contribution in [0, 0.1) is 5.92 Å². The molecule has 5 amide bonds. The molecule has 0 spiro atoms. The number of hydrogen-bond acceptors (Lipinski definition) is 8. The van der Waals surface area contributed by atoms with E-state index < -0.39 is 41.4 Å². The van der Waals surface area contributed by atoms with Gasteiger partial charge in [0.2, 0.25) is 11.8 Å². The maximum absolute atomic E-state index is 15.7. The van der Waals surface area contributed by atoms with E-state index in [2.05, 4.69) is 20.0 Å². The second-order valence-electron chi connectivity index (χ2n) is 13.4. The Bertz CT molecular complexity index is 1360. The van der Waals surface area contributed by atoms with E-state index in [0.717, 1.165) is 56.2 Å². The molecule has 2 N–H and O–H groups in total. The highest BCUT2D eigenvalue weighted by Gasteiger charge is 2.45. The molecule has 45 heavy (non-hydrogen) atoms. The summed E-state index contributed by atoms with van der Waals surface area (Å²) >= 11 is 0. The van der Waals surface area contributed by atoms with Gasteiger partial charge in [-0.15, -0.1) is 0 Å². The third-order valence-electron chi connectivity index (χ3n) is 10.6. The van der Waals surface area contributed by atoms with Crippen molar-refractivity contribution in [3.63, 3.8) is 0 Å². The number of rotatable bonds is 7. The van der Waals surface area contributed by atoms with Crippen LogP contribution in [0.1, 0.15) is 72.6 Å². The van der Waals surface area contributed by atoms with Gasteiger partial charge < -0.3 is 19.8 Å². The first-order valence-corrected chi connectivity index (χ1v) is 16.2. The fourth-order valence-electron chi connectivity index (χ4n) is 7.63. The van der Waals surface area contributed by atoms with Crippen molar-refractivity contribution in [2.75, 3.05) is 63.8 Å². The number of carbonyl (C=O) groups is 5. The predicted octanol–water partition coefficient (Wildman–Crippen LogP) is 2.18. The minimum absolute atomic E-state index is 0.0881. The number of likely N-dealkylation sites (tertiary alicyclic amines) is 1. The summed E-state index contributed by atoms with van der Waals surface area (Å²) in [7, 11) is 0. The zero-order valence-electron chi connectivity index (χ0n) is 25.9. The highest BCUT2D eigenvalue weighted by Crippen LogP contribution is 2.34. The van der Waals surface area contributed by atoms with Crippen LogP contribution >= 0.6 is 0 Å². The number of nitrogens with one attached hydrogen (secondary N) is 1. The fourth-order valence-corrected chi connectivity index (χ4v) is 7.63. The number of hydrogen-bond donors (Lipinski definition) is 2. The summed E-state index contributed by atoms with van der Waals surface area (Å²) in [6.45, 7) is 8.30. The highest BCUT2D eigenvalue weighted by atomic mass is 19.1. The standard InChI is InChI=1S/C32H43FN6O6/c1-21-19-38(31(44)45)17-16-36(21)15-10-32(33)8-13-35(14-9-32)20-22-6-11-37(12-7-22)23-2-3-24-25(18-23)30(43)39(29(24)42)26-4-5-27(40)34-28(26)41/h2-3,18,21-22,26H,4-17,19-20H2,1H3,(H,44,45)(H,34,40,41)/t21-,26?/m0/s1. The van der Waals surface area contributed by atoms with Crippen LogP contribution in [0.2, 0.25) is 0 Å². The second-order valence-corrected chi connectivity index (χ2v) is 13.4. The minimum atomic E-state index is -1.18. The van der Waals surface area contributed by atoms with Crippen LogP contribution in [-0.4, -0.2) is 131 Å². The lowest BCUT2D eigenvalue weighted by Crippen LogP contribution is -2.54. The van der Waals surface area contributed by atoms with Gasteiger partial charge >= 0.3 is 6.09 Å². The maximum atomic E-state index is 15.7. The summed E-state index contributed by atoms with van der Waals surface area (Å²) in [5.41, 5.74) is 0.276. The Morgan fingerprint density at radius 3 is 2.36 bits per heavy atom. The maximum Gasteiger partial charge on any atom is 0.407 e. The van der Waals surface area contributed by atoms with Crippen molar-refractivity contribution >= 4 is 35.4 Å². The van der Waals surface area contributed by atoms with Crippen molar-refractivity contribution < 1.29 is 33.5 Å². The molecule has 0 aliphatic carbocycles. The van der Waals surface area contributed by atoms with Gasteiger partial charge in [0.15, 0.2) is 0 Å². The molecular formula is C32H43FN6O6.